The lowest BCUT2D eigenvalue weighted by atomic mass is 9.97. The van der Waals surface area contributed by atoms with Crippen molar-refractivity contribution in [3.05, 3.63) is 76.2 Å². The van der Waals surface area contributed by atoms with E-state index in [9.17, 15) is 27.2 Å². The number of fused-ring (bicyclic) bond motifs is 1. The van der Waals surface area contributed by atoms with E-state index in [4.69, 9.17) is 0 Å². The summed E-state index contributed by atoms with van der Waals surface area (Å²) < 4.78 is 58.3. The Bertz CT molecular complexity index is 1460. The van der Waals surface area contributed by atoms with E-state index in [1.54, 1.807) is 4.90 Å². The number of halogens is 4. The van der Waals surface area contributed by atoms with E-state index in [1.807, 2.05) is 19.1 Å². The van der Waals surface area contributed by atoms with Crippen LogP contribution in [0.3, 0.4) is 0 Å². The molecule has 2 aliphatic rings. The molecule has 1 unspecified atom stereocenters. The maximum Gasteiger partial charge on any atom is 0.419 e. The monoisotopic (exact) mass is 619 g/mol. The van der Waals surface area contributed by atoms with Crippen LogP contribution >= 0.6 is 11.8 Å². The number of nitrogens with one attached hydrogen (secondary N) is 1. The molecule has 2 aromatic rings. The second-order valence-electron chi connectivity index (χ2n) is 11.0. The number of thioether (sulfide) groups is 1. The average Bonchev–Trinajstić information content (AvgIpc) is 3.10. The minimum absolute atomic E-state index is 0.0582. The second kappa shape index (κ2) is 13.4. The predicted molar refractivity (Wildman–Crippen MR) is 162 cm³/mol. The predicted octanol–water partition coefficient (Wildman–Crippen LogP) is 5.00. The molecule has 2 heterocycles. The number of benzene rings is 2. The Hall–Kier alpha value is -3.47. The van der Waals surface area contributed by atoms with Gasteiger partial charge in [-0.05, 0) is 66.6 Å². The molecule has 0 aromatic heterocycles. The van der Waals surface area contributed by atoms with Gasteiger partial charge in [-0.15, -0.1) is 0 Å². The van der Waals surface area contributed by atoms with Crippen molar-refractivity contribution >= 4 is 35.9 Å². The highest BCUT2D eigenvalue weighted by Gasteiger charge is 2.33. The number of alkyl halides is 4. The van der Waals surface area contributed by atoms with Gasteiger partial charge < -0.3 is 19.9 Å². The van der Waals surface area contributed by atoms with Crippen LogP contribution in [0, 0.1) is 12.8 Å². The highest BCUT2D eigenvalue weighted by Crippen LogP contribution is 2.31. The summed E-state index contributed by atoms with van der Waals surface area (Å²) in [6, 6.07) is 9.65. The molecule has 1 atom stereocenters. The third kappa shape index (κ3) is 8.34. The molecule has 43 heavy (non-hydrogen) atoms. The van der Waals surface area contributed by atoms with E-state index in [-0.39, 0.29) is 48.2 Å². The second-order valence-corrected chi connectivity index (χ2v) is 12.3. The number of ether oxygens (including phenoxy) is 1. The molecule has 11 heteroatoms. The number of carbonyl (C=O) groups excluding carboxylic acids is 2. The van der Waals surface area contributed by atoms with Crippen LogP contribution in [0.5, 0.6) is 5.75 Å². The molecular weight excluding hydrogens is 582 g/mol. The molecule has 2 aromatic carbocycles. The van der Waals surface area contributed by atoms with Crippen molar-refractivity contribution < 1.29 is 31.9 Å². The normalized spacial score (nSPS) is 17.1. The SMILES string of the molecule is C=CC(F)(F)Oc1ccc(C(=O)N2CC(CN3C=c4cc(C(=O)NCCSC(F)(F)CC)c(C)cc4=CCC3C)C2)cc1. The third-order valence-corrected chi connectivity index (χ3v) is 8.76. The first-order chi connectivity index (χ1) is 20.3. The fourth-order valence-electron chi connectivity index (χ4n) is 5.01. The van der Waals surface area contributed by atoms with E-state index >= 15 is 0 Å². The van der Waals surface area contributed by atoms with E-state index in [2.05, 4.69) is 40.7 Å². The van der Waals surface area contributed by atoms with Gasteiger partial charge in [-0.1, -0.05) is 37.4 Å². The maximum atomic E-state index is 13.5. The number of likely N-dealkylation sites (tertiary alicyclic amines) is 1. The highest BCUT2D eigenvalue weighted by molar-refractivity contribution is 8.00. The van der Waals surface area contributed by atoms with Gasteiger partial charge in [0, 0.05) is 73.7 Å². The number of hydrogen-bond acceptors (Lipinski definition) is 5. The van der Waals surface area contributed by atoms with Crippen molar-refractivity contribution in [3.8, 4) is 5.75 Å². The number of nitrogens with zero attached hydrogens (tertiary/aromatic N) is 2. The van der Waals surface area contributed by atoms with Gasteiger partial charge in [0.05, 0.1) is 0 Å². The molecule has 0 aliphatic carbocycles. The zero-order valence-electron chi connectivity index (χ0n) is 24.5. The van der Waals surface area contributed by atoms with Gasteiger partial charge in [0.15, 0.2) is 0 Å². The number of hydrogen-bond donors (Lipinski definition) is 1. The summed E-state index contributed by atoms with van der Waals surface area (Å²) in [5.74, 6) is -0.160. The molecule has 2 aliphatic heterocycles. The van der Waals surface area contributed by atoms with Gasteiger partial charge in [-0.3, -0.25) is 9.59 Å². The summed E-state index contributed by atoms with van der Waals surface area (Å²) in [5, 5.41) is 1.90. The Balaban J connectivity index is 1.37. The molecule has 1 N–H and O–H groups in total. The van der Waals surface area contributed by atoms with Crippen LogP contribution < -0.4 is 20.5 Å². The molecule has 0 saturated carbocycles. The molecule has 1 fully saturated rings. The van der Waals surface area contributed by atoms with E-state index < -0.39 is 11.4 Å². The quantitative estimate of drug-likeness (QED) is 0.206. The van der Waals surface area contributed by atoms with Crippen LogP contribution in [0.25, 0.3) is 12.3 Å². The Kier molecular flexibility index (Phi) is 10.1. The van der Waals surface area contributed by atoms with Gasteiger partial charge >= 0.3 is 6.11 Å². The first-order valence-electron chi connectivity index (χ1n) is 14.3. The summed E-state index contributed by atoms with van der Waals surface area (Å²) in [6.07, 6.45) is 1.69. The average molecular weight is 620 g/mol. The van der Waals surface area contributed by atoms with Crippen molar-refractivity contribution in [3.63, 3.8) is 0 Å². The van der Waals surface area contributed by atoms with Crippen LogP contribution in [-0.4, -0.2) is 71.0 Å². The van der Waals surface area contributed by atoms with Crippen LogP contribution in [-0.2, 0) is 0 Å². The fraction of sp³-hybridized carbons (Fsp3) is 0.438. The lowest BCUT2D eigenvalue weighted by Crippen LogP contribution is -2.54. The first-order valence-corrected chi connectivity index (χ1v) is 15.3. The van der Waals surface area contributed by atoms with Gasteiger partial charge in [0.2, 0.25) is 0 Å². The molecule has 0 spiro atoms. The molecule has 232 valence electrons. The summed E-state index contributed by atoms with van der Waals surface area (Å²) in [4.78, 5) is 29.8. The lowest BCUT2D eigenvalue weighted by molar-refractivity contribution is -0.131. The molecule has 2 amide bonds. The zero-order valence-corrected chi connectivity index (χ0v) is 25.4. The van der Waals surface area contributed by atoms with E-state index in [0.29, 0.717) is 42.1 Å². The molecule has 4 rings (SSSR count). The molecular formula is C32H37F4N3O3S. The Morgan fingerprint density at radius 2 is 1.84 bits per heavy atom. The molecule has 1 saturated heterocycles. The standard InChI is InChI=1S/C32H37F4N3O3S/c1-5-31(33,34)42-27-11-9-24(10-12-27)30(41)39-18-23(19-39)17-38-20-26-16-28(21(3)15-25(26)8-7-22(38)4)29(40)37-13-14-43-32(35,36)6-2/h5,8-12,15-16,20,22-23H,1,6-7,13-14,17-19H2,2-4H3,(H,37,40). The zero-order chi connectivity index (χ0) is 31.4. The van der Waals surface area contributed by atoms with Crippen molar-refractivity contribution in [1.82, 2.24) is 15.1 Å². The van der Waals surface area contributed by atoms with Crippen LogP contribution in [0.2, 0.25) is 0 Å². The maximum absolute atomic E-state index is 13.5. The van der Waals surface area contributed by atoms with Gasteiger partial charge in [0.1, 0.15) is 5.75 Å². The fourth-order valence-corrected chi connectivity index (χ4v) is 5.72. The number of aryl methyl sites for hydroxylation is 1. The Morgan fingerprint density at radius 3 is 2.49 bits per heavy atom. The number of carbonyl (C=O) groups is 2. The van der Waals surface area contributed by atoms with Crippen molar-refractivity contribution in [1.29, 1.82) is 0 Å². The lowest BCUT2D eigenvalue weighted by Gasteiger charge is -2.42. The van der Waals surface area contributed by atoms with Crippen molar-refractivity contribution in [2.45, 2.75) is 51.0 Å². The number of rotatable bonds is 12. The van der Waals surface area contributed by atoms with Gasteiger partial charge in [0.25, 0.3) is 17.1 Å². The van der Waals surface area contributed by atoms with Gasteiger partial charge in [-0.2, -0.15) is 17.6 Å². The van der Waals surface area contributed by atoms with Crippen LogP contribution in [0.4, 0.5) is 17.6 Å². The van der Waals surface area contributed by atoms with Gasteiger partial charge in [-0.25, -0.2) is 0 Å². The highest BCUT2D eigenvalue weighted by atomic mass is 32.2. The summed E-state index contributed by atoms with van der Waals surface area (Å²) in [7, 11) is 0. The van der Waals surface area contributed by atoms with E-state index in [1.165, 1.54) is 31.2 Å². The van der Waals surface area contributed by atoms with Crippen LogP contribution in [0.15, 0.2) is 49.1 Å². The number of amides is 2. The summed E-state index contributed by atoms with van der Waals surface area (Å²) in [5.41, 5.74) is 1.72. The minimum atomic E-state index is -3.49. The first kappa shape index (κ1) is 32.4. The van der Waals surface area contributed by atoms with Crippen molar-refractivity contribution in [2.75, 3.05) is 31.9 Å². The molecule has 0 bridgehead atoms. The summed E-state index contributed by atoms with van der Waals surface area (Å²) >= 11 is 0.540. The van der Waals surface area contributed by atoms with E-state index in [0.717, 1.165) is 29.0 Å². The largest absolute Gasteiger partial charge is 0.429 e. The topological polar surface area (TPSA) is 61.9 Å². The van der Waals surface area contributed by atoms with Crippen LogP contribution in [0.1, 0.15) is 53.0 Å². The molecule has 0 radical (unpaired) electrons. The Morgan fingerprint density at radius 1 is 1.14 bits per heavy atom. The van der Waals surface area contributed by atoms with Crippen molar-refractivity contribution in [2.24, 2.45) is 5.92 Å². The molecule has 6 nitrogen and oxygen atoms in total. The Labute approximate surface area is 253 Å². The smallest absolute Gasteiger partial charge is 0.419 e. The third-order valence-electron chi connectivity index (χ3n) is 7.64. The minimum Gasteiger partial charge on any atom is -0.429 e. The summed E-state index contributed by atoms with van der Waals surface area (Å²) in [6.45, 7) is 10.5.